The summed E-state index contributed by atoms with van der Waals surface area (Å²) in [5, 5.41) is 15.6. The van der Waals surface area contributed by atoms with E-state index in [0.717, 1.165) is 24.6 Å². The first-order chi connectivity index (χ1) is 15.2. The number of sulfonamides is 1. The van der Waals surface area contributed by atoms with Crippen molar-refractivity contribution in [1.29, 1.82) is 0 Å². The van der Waals surface area contributed by atoms with Crippen molar-refractivity contribution >= 4 is 27.6 Å². The maximum absolute atomic E-state index is 14.6. The lowest BCUT2D eigenvalue weighted by Gasteiger charge is -2.23. The van der Waals surface area contributed by atoms with E-state index >= 15 is 0 Å². The first-order valence-corrected chi connectivity index (χ1v) is 12.5. The van der Waals surface area contributed by atoms with Crippen LogP contribution in [0.2, 0.25) is 0 Å². The van der Waals surface area contributed by atoms with Crippen molar-refractivity contribution in [3.8, 4) is 0 Å². The highest BCUT2D eigenvalue weighted by atomic mass is 32.2. The number of aromatic nitrogens is 2. The molecular weight excluding hydrogens is 449 g/mol. The summed E-state index contributed by atoms with van der Waals surface area (Å²) in [6, 6.07) is 5.34. The minimum absolute atomic E-state index is 0.00485. The Kier molecular flexibility index (Phi) is 7.04. The molecule has 1 saturated carbocycles. The number of nitrogens with two attached hydrogens (primary N) is 1. The molecule has 182 valence electrons. The van der Waals surface area contributed by atoms with Crippen LogP contribution < -0.4 is 15.8 Å². The van der Waals surface area contributed by atoms with Crippen LogP contribution in [0.5, 0.6) is 0 Å². The van der Waals surface area contributed by atoms with Gasteiger partial charge in [0.1, 0.15) is 17.7 Å². The standard InChI is InChI=1S/C22H32FN5O4S/c1-13(2)25-21(29)32-15-7-6-14(10-15)19-12-20(28(27-19)22(3,4)5)26-18-9-8-16(11-17(18)23)33(24,30)31/h8-9,11-15,26H,6-7,10H2,1-5H3,(H,25,29)(H2,24,30,31)/t14-,15+/m0/s1. The van der Waals surface area contributed by atoms with Crippen molar-refractivity contribution < 1.29 is 22.3 Å². The predicted molar refractivity (Wildman–Crippen MR) is 123 cm³/mol. The lowest BCUT2D eigenvalue weighted by atomic mass is 10.0. The second kappa shape index (κ2) is 9.30. The molecule has 0 spiro atoms. The van der Waals surface area contributed by atoms with Gasteiger partial charge in [0, 0.05) is 18.0 Å². The SMILES string of the molecule is CC(C)NC(=O)O[C@@H]1CC[C@H](c2cc(Nc3ccc(S(N)(=O)=O)cc3F)n(C(C)(C)C)n2)C1. The van der Waals surface area contributed by atoms with Crippen molar-refractivity contribution in [3.63, 3.8) is 0 Å². The van der Waals surface area contributed by atoms with Gasteiger partial charge >= 0.3 is 6.09 Å². The molecule has 1 fully saturated rings. The van der Waals surface area contributed by atoms with E-state index < -0.39 is 27.5 Å². The number of carbonyl (C=O) groups excluding carboxylic acids is 1. The molecule has 2 atom stereocenters. The summed E-state index contributed by atoms with van der Waals surface area (Å²) in [5.41, 5.74) is 0.533. The number of halogens is 1. The van der Waals surface area contributed by atoms with Crippen molar-refractivity contribution in [1.82, 2.24) is 15.1 Å². The van der Waals surface area contributed by atoms with Gasteiger partial charge in [-0.05, 0) is 72.1 Å². The average Bonchev–Trinajstić information content (AvgIpc) is 3.28. The van der Waals surface area contributed by atoms with Gasteiger partial charge in [-0.25, -0.2) is 27.4 Å². The third-order valence-electron chi connectivity index (χ3n) is 5.38. The van der Waals surface area contributed by atoms with Gasteiger partial charge in [-0.1, -0.05) is 0 Å². The number of amides is 1. The Morgan fingerprint density at radius 3 is 2.55 bits per heavy atom. The van der Waals surface area contributed by atoms with E-state index in [1.54, 1.807) is 4.68 Å². The van der Waals surface area contributed by atoms with Gasteiger partial charge in [0.15, 0.2) is 0 Å². The van der Waals surface area contributed by atoms with E-state index in [1.165, 1.54) is 12.1 Å². The molecule has 11 heteroatoms. The largest absolute Gasteiger partial charge is 0.446 e. The maximum Gasteiger partial charge on any atom is 0.407 e. The molecule has 0 bridgehead atoms. The molecule has 4 N–H and O–H groups in total. The lowest BCUT2D eigenvalue weighted by molar-refractivity contribution is 0.0981. The second-order valence-electron chi connectivity index (χ2n) is 9.69. The summed E-state index contributed by atoms with van der Waals surface area (Å²) in [7, 11) is -4.00. The number of carbonyl (C=O) groups is 1. The minimum atomic E-state index is -4.00. The van der Waals surface area contributed by atoms with Crippen LogP contribution in [-0.4, -0.2) is 36.4 Å². The number of anilines is 2. The molecule has 1 amide bonds. The number of hydrogen-bond acceptors (Lipinski definition) is 6. The zero-order valence-corrected chi connectivity index (χ0v) is 20.4. The molecule has 3 rings (SSSR count). The highest BCUT2D eigenvalue weighted by Gasteiger charge is 2.32. The minimum Gasteiger partial charge on any atom is -0.446 e. The third kappa shape index (κ3) is 6.23. The Morgan fingerprint density at radius 1 is 1.27 bits per heavy atom. The maximum atomic E-state index is 14.6. The summed E-state index contributed by atoms with van der Waals surface area (Å²) >= 11 is 0. The molecule has 1 aromatic carbocycles. The van der Waals surface area contributed by atoms with Crippen LogP contribution in [-0.2, 0) is 20.3 Å². The Balaban J connectivity index is 1.81. The van der Waals surface area contributed by atoms with Crippen LogP contribution in [0.4, 0.5) is 20.7 Å². The first-order valence-electron chi connectivity index (χ1n) is 10.9. The monoisotopic (exact) mass is 481 g/mol. The highest BCUT2D eigenvalue weighted by Crippen LogP contribution is 2.38. The van der Waals surface area contributed by atoms with Gasteiger partial charge in [0.2, 0.25) is 10.0 Å². The number of rotatable bonds is 6. The molecular formula is C22H32FN5O4S. The van der Waals surface area contributed by atoms with Gasteiger partial charge in [-0.15, -0.1) is 0 Å². The molecule has 0 saturated heterocycles. The van der Waals surface area contributed by atoms with Crippen LogP contribution in [0.25, 0.3) is 0 Å². The number of nitrogens with one attached hydrogen (secondary N) is 2. The van der Waals surface area contributed by atoms with Gasteiger partial charge in [0.05, 0.1) is 21.8 Å². The molecule has 1 aliphatic rings. The molecule has 2 aromatic rings. The Labute approximate surface area is 193 Å². The number of nitrogens with zero attached hydrogens (tertiary/aromatic N) is 2. The molecule has 33 heavy (non-hydrogen) atoms. The first kappa shape index (κ1) is 25.0. The fourth-order valence-corrected chi connectivity index (χ4v) is 4.37. The molecule has 0 aliphatic heterocycles. The smallest absolute Gasteiger partial charge is 0.407 e. The van der Waals surface area contributed by atoms with Gasteiger partial charge < -0.3 is 15.4 Å². The van der Waals surface area contributed by atoms with Crippen molar-refractivity contribution in [3.05, 3.63) is 35.8 Å². The van der Waals surface area contributed by atoms with Gasteiger partial charge in [0.25, 0.3) is 0 Å². The van der Waals surface area contributed by atoms with E-state index in [9.17, 15) is 17.6 Å². The Bertz CT molecular complexity index is 1120. The van der Waals surface area contributed by atoms with Crippen LogP contribution in [0, 0.1) is 5.82 Å². The Morgan fingerprint density at radius 2 is 1.97 bits per heavy atom. The zero-order valence-electron chi connectivity index (χ0n) is 19.6. The molecule has 0 radical (unpaired) electrons. The third-order valence-corrected chi connectivity index (χ3v) is 6.29. The van der Waals surface area contributed by atoms with E-state index in [4.69, 9.17) is 15.0 Å². The fraction of sp³-hybridized carbons (Fsp3) is 0.545. The van der Waals surface area contributed by atoms with Crippen molar-refractivity contribution in [2.24, 2.45) is 5.14 Å². The number of primary sulfonamides is 1. The summed E-state index contributed by atoms with van der Waals surface area (Å²) in [6.07, 6.45) is 1.61. The van der Waals surface area contributed by atoms with Crippen LogP contribution >= 0.6 is 0 Å². The van der Waals surface area contributed by atoms with E-state index in [0.29, 0.717) is 12.2 Å². The van der Waals surface area contributed by atoms with Gasteiger partial charge in [-0.2, -0.15) is 5.10 Å². The van der Waals surface area contributed by atoms with Crippen LogP contribution in [0.3, 0.4) is 0 Å². The molecule has 9 nitrogen and oxygen atoms in total. The second-order valence-corrected chi connectivity index (χ2v) is 11.2. The van der Waals surface area contributed by atoms with Crippen molar-refractivity contribution in [2.45, 2.75) is 82.4 Å². The number of alkyl carbamates (subject to hydrolysis) is 1. The summed E-state index contributed by atoms with van der Waals surface area (Å²) in [5.74, 6) is -0.0717. The van der Waals surface area contributed by atoms with E-state index in [1.807, 2.05) is 40.7 Å². The van der Waals surface area contributed by atoms with E-state index in [2.05, 4.69) is 10.6 Å². The Hall–Kier alpha value is -2.66. The van der Waals surface area contributed by atoms with E-state index in [-0.39, 0.29) is 28.6 Å². The lowest BCUT2D eigenvalue weighted by Crippen LogP contribution is -2.33. The predicted octanol–water partition coefficient (Wildman–Crippen LogP) is 3.94. The summed E-state index contributed by atoms with van der Waals surface area (Å²) in [4.78, 5) is 11.6. The zero-order chi connectivity index (χ0) is 24.6. The quantitative estimate of drug-likeness (QED) is 0.573. The molecule has 1 aliphatic carbocycles. The number of ether oxygens (including phenoxy) is 1. The van der Waals surface area contributed by atoms with Gasteiger partial charge in [-0.3, -0.25) is 0 Å². The normalized spacial score (nSPS) is 19.0. The van der Waals surface area contributed by atoms with Crippen LogP contribution in [0.15, 0.2) is 29.2 Å². The van der Waals surface area contributed by atoms with Crippen molar-refractivity contribution in [2.75, 3.05) is 5.32 Å². The summed E-state index contributed by atoms with van der Waals surface area (Å²) < 4.78 is 44.8. The topological polar surface area (TPSA) is 128 Å². The highest BCUT2D eigenvalue weighted by molar-refractivity contribution is 7.89. The van der Waals surface area contributed by atoms with Crippen LogP contribution in [0.1, 0.15) is 65.5 Å². The average molecular weight is 482 g/mol. The number of benzene rings is 1. The molecule has 1 heterocycles. The summed E-state index contributed by atoms with van der Waals surface area (Å²) in [6.45, 7) is 9.68. The fourth-order valence-electron chi connectivity index (χ4n) is 3.85. The number of hydrogen-bond donors (Lipinski definition) is 3. The molecule has 1 aromatic heterocycles. The molecule has 0 unspecified atom stereocenters.